The molecule has 0 heterocycles. The van der Waals surface area contributed by atoms with E-state index in [4.69, 9.17) is 9.47 Å². The zero-order valence-corrected chi connectivity index (χ0v) is 16.5. The van der Waals surface area contributed by atoms with Crippen LogP contribution in [0.15, 0.2) is 49.8 Å². The second kappa shape index (κ2) is 8.13. The van der Waals surface area contributed by atoms with Crippen LogP contribution in [0, 0.1) is 0 Å². The fourth-order valence-electron chi connectivity index (χ4n) is 1.73. The number of rotatable bonds is 5. The molecule has 3 nitrogen and oxygen atoms in total. The first-order chi connectivity index (χ1) is 10.5. The van der Waals surface area contributed by atoms with E-state index in [0.29, 0.717) is 11.5 Å². The van der Waals surface area contributed by atoms with Gasteiger partial charge in [-0.15, -0.1) is 0 Å². The lowest BCUT2D eigenvalue weighted by atomic mass is 10.2. The Hall–Kier alpha value is -0.850. The van der Waals surface area contributed by atoms with Crippen molar-refractivity contribution < 1.29 is 14.3 Å². The number of halogens is 3. The van der Waals surface area contributed by atoms with Gasteiger partial charge in [0.1, 0.15) is 11.5 Å². The van der Waals surface area contributed by atoms with Crippen LogP contribution in [0.3, 0.4) is 0 Å². The van der Waals surface area contributed by atoms with E-state index in [0.717, 1.165) is 19.8 Å². The summed E-state index contributed by atoms with van der Waals surface area (Å²) in [4.78, 5) is 11.9. The first-order valence-corrected chi connectivity index (χ1v) is 8.94. The van der Waals surface area contributed by atoms with Crippen LogP contribution < -0.4 is 9.47 Å². The molecule has 0 bridgehead atoms. The molecule has 0 saturated heterocycles. The lowest BCUT2D eigenvalue weighted by Crippen LogP contribution is -2.18. The molecular formula is C16H13Br3O3. The van der Waals surface area contributed by atoms with Crippen molar-refractivity contribution in [2.75, 3.05) is 6.61 Å². The Morgan fingerprint density at radius 2 is 1.68 bits per heavy atom. The molecule has 6 heteroatoms. The van der Waals surface area contributed by atoms with Crippen LogP contribution in [0.5, 0.6) is 11.5 Å². The maximum absolute atomic E-state index is 11.9. The van der Waals surface area contributed by atoms with Crippen LogP contribution in [0.2, 0.25) is 0 Å². The number of ether oxygens (including phenoxy) is 2. The third-order valence-electron chi connectivity index (χ3n) is 2.87. The lowest BCUT2D eigenvalue weighted by Gasteiger charge is -2.10. The predicted octanol–water partition coefficient (Wildman–Crippen LogP) is 5.52. The first kappa shape index (κ1) is 17.5. The minimum atomic E-state index is -0.459. The number of benzene rings is 2. The van der Waals surface area contributed by atoms with E-state index < -0.39 is 5.97 Å². The molecule has 2 aromatic carbocycles. The first-order valence-electron chi connectivity index (χ1n) is 6.56. The molecule has 0 N–H and O–H groups in total. The summed E-state index contributed by atoms with van der Waals surface area (Å²) < 4.78 is 13.2. The highest BCUT2D eigenvalue weighted by Crippen LogP contribution is 2.29. The van der Waals surface area contributed by atoms with Crippen molar-refractivity contribution >= 4 is 53.8 Å². The van der Waals surface area contributed by atoms with Crippen LogP contribution in [-0.4, -0.2) is 12.6 Å². The predicted molar refractivity (Wildman–Crippen MR) is 96.5 cm³/mol. The van der Waals surface area contributed by atoms with Gasteiger partial charge in [-0.2, -0.15) is 0 Å². The largest absolute Gasteiger partial charge is 0.481 e. The van der Waals surface area contributed by atoms with Gasteiger partial charge in [0.15, 0.2) is 6.61 Å². The highest BCUT2D eigenvalue weighted by atomic mass is 79.9. The summed E-state index contributed by atoms with van der Waals surface area (Å²) in [6, 6.07) is 11.1. The molecular weight excluding hydrogens is 480 g/mol. The molecule has 0 aliphatic carbocycles. The van der Waals surface area contributed by atoms with E-state index in [-0.39, 0.29) is 6.61 Å². The molecule has 0 aliphatic rings. The van der Waals surface area contributed by atoms with Gasteiger partial charge in [-0.25, -0.2) is 4.79 Å². The third-order valence-corrected chi connectivity index (χ3v) is 4.60. The van der Waals surface area contributed by atoms with Crippen molar-refractivity contribution in [3.05, 3.63) is 55.4 Å². The van der Waals surface area contributed by atoms with Crippen LogP contribution >= 0.6 is 47.8 Å². The molecule has 0 fully saturated rings. The Morgan fingerprint density at radius 3 is 2.32 bits per heavy atom. The van der Waals surface area contributed by atoms with Gasteiger partial charge in [0, 0.05) is 4.47 Å². The smallest absolute Gasteiger partial charge is 0.349 e. The van der Waals surface area contributed by atoms with Crippen LogP contribution in [0.4, 0.5) is 0 Å². The van der Waals surface area contributed by atoms with Gasteiger partial charge in [-0.3, -0.25) is 0 Å². The molecule has 0 atom stereocenters. The highest BCUT2D eigenvalue weighted by Gasteiger charge is 2.11. The molecule has 116 valence electrons. The maximum atomic E-state index is 11.9. The van der Waals surface area contributed by atoms with E-state index in [1.165, 1.54) is 5.56 Å². The molecule has 0 amide bonds. The lowest BCUT2D eigenvalue weighted by molar-refractivity contribution is -0.136. The number of aryl methyl sites for hydroxylation is 1. The summed E-state index contributed by atoms with van der Waals surface area (Å²) in [7, 11) is 0. The third kappa shape index (κ3) is 4.83. The zero-order valence-electron chi connectivity index (χ0n) is 11.7. The van der Waals surface area contributed by atoms with Gasteiger partial charge >= 0.3 is 5.97 Å². The van der Waals surface area contributed by atoms with Gasteiger partial charge < -0.3 is 9.47 Å². The van der Waals surface area contributed by atoms with Crippen molar-refractivity contribution in [2.45, 2.75) is 13.3 Å². The normalized spacial score (nSPS) is 10.4. The van der Waals surface area contributed by atoms with Gasteiger partial charge in [0.05, 0.1) is 8.95 Å². The molecule has 0 aliphatic heterocycles. The molecule has 0 radical (unpaired) electrons. The molecule has 0 saturated carbocycles. The maximum Gasteiger partial charge on any atom is 0.349 e. The van der Waals surface area contributed by atoms with Gasteiger partial charge in [-0.1, -0.05) is 28.9 Å². The van der Waals surface area contributed by atoms with Crippen molar-refractivity contribution in [1.82, 2.24) is 0 Å². The number of carbonyl (C=O) groups excluding carboxylic acids is 1. The molecule has 0 aromatic heterocycles. The molecule has 22 heavy (non-hydrogen) atoms. The van der Waals surface area contributed by atoms with Crippen molar-refractivity contribution in [2.24, 2.45) is 0 Å². The van der Waals surface area contributed by atoms with Crippen molar-refractivity contribution in [1.29, 1.82) is 0 Å². The van der Waals surface area contributed by atoms with Gasteiger partial charge in [0.2, 0.25) is 0 Å². The Bertz CT molecular complexity index is 686. The van der Waals surface area contributed by atoms with Crippen molar-refractivity contribution in [3.63, 3.8) is 0 Å². The second-order valence-corrected chi connectivity index (χ2v) is 7.08. The van der Waals surface area contributed by atoms with Gasteiger partial charge in [-0.05, 0) is 74.2 Å². The number of carbonyl (C=O) groups is 1. The van der Waals surface area contributed by atoms with Crippen LogP contribution in [0.25, 0.3) is 0 Å². The number of hydrogen-bond acceptors (Lipinski definition) is 3. The molecule has 2 aromatic rings. The monoisotopic (exact) mass is 490 g/mol. The fraction of sp³-hybridized carbons (Fsp3) is 0.188. The minimum absolute atomic E-state index is 0.164. The summed E-state index contributed by atoms with van der Waals surface area (Å²) >= 11 is 10.1. The number of esters is 1. The zero-order chi connectivity index (χ0) is 16.1. The van der Waals surface area contributed by atoms with Crippen molar-refractivity contribution in [3.8, 4) is 11.5 Å². The fourth-order valence-corrected chi connectivity index (χ4v) is 3.40. The standard InChI is InChI=1S/C16H13Br3O3/c1-2-10-3-5-15(12(18)7-10)22-16(20)9-21-14-6-4-11(17)8-13(14)19/h3-8H,2,9H2,1H3. The summed E-state index contributed by atoms with van der Waals surface area (Å²) in [5, 5.41) is 0. The Labute approximate surface area is 154 Å². The molecule has 0 unspecified atom stereocenters. The number of hydrogen-bond donors (Lipinski definition) is 0. The average molecular weight is 493 g/mol. The topological polar surface area (TPSA) is 35.5 Å². The molecule has 0 spiro atoms. The van der Waals surface area contributed by atoms with E-state index >= 15 is 0 Å². The Balaban J connectivity index is 1.95. The van der Waals surface area contributed by atoms with E-state index in [1.54, 1.807) is 12.1 Å². The Kier molecular flexibility index (Phi) is 6.47. The van der Waals surface area contributed by atoms with E-state index in [1.807, 2.05) is 24.3 Å². The minimum Gasteiger partial charge on any atom is -0.481 e. The average Bonchev–Trinajstić information content (AvgIpc) is 2.48. The highest BCUT2D eigenvalue weighted by molar-refractivity contribution is 9.11. The van der Waals surface area contributed by atoms with E-state index in [9.17, 15) is 4.79 Å². The summed E-state index contributed by atoms with van der Waals surface area (Å²) in [6.07, 6.45) is 0.924. The van der Waals surface area contributed by atoms with Crippen LogP contribution in [0.1, 0.15) is 12.5 Å². The molecule has 2 rings (SSSR count). The van der Waals surface area contributed by atoms with Gasteiger partial charge in [0.25, 0.3) is 0 Å². The Morgan fingerprint density at radius 1 is 1.00 bits per heavy atom. The second-order valence-electron chi connectivity index (χ2n) is 4.46. The quantitative estimate of drug-likeness (QED) is 0.407. The summed E-state index contributed by atoms with van der Waals surface area (Å²) in [5.41, 5.74) is 1.17. The van der Waals surface area contributed by atoms with Crippen LogP contribution in [-0.2, 0) is 11.2 Å². The summed E-state index contributed by atoms with van der Waals surface area (Å²) in [5.74, 6) is 0.612. The van der Waals surface area contributed by atoms with E-state index in [2.05, 4.69) is 54.7 Å². The summed E-state index contributed by atoms with van der Waals surface area (Å²) in [6.45, 7) is 1.90. The SMILES string of the molecule is CCc1ccc(OC(=O)COc2ccc(Br)cc2Br)c(Br)c1.